The molecule has 2 aromatic carbocycles. The van der Waals surface area contributed by atoms with Gasteiger partial charge in [-0.2, -0.15) is 5.10 Å². The largest absolute Gasteiger partial charge is 0.332 e. The van der Waals surface area contributed by atoms with Crippen LogP contribution in [-0.4, -0.2) is 14.9 Å². The van der Waals surface area contributed by atoms with Crippen molar-refractivity contribution in [2.45, 2.75) is 32.7 Å². The number of anilines is 2. The number of halogens is 2. The van der Waals surface area contributed by atoms with E-state index >= 15 is 0 Å². The second-order valence-electron chi connectivity index (χ2n) is 6.63. The van der Waals surface area contributed by atoms with Crippen molar-refractivity contribution >= 4 is 56.4 Å². The number of rotatable bonds is 6. The first-order valence-corrected chi connectivity index (χ1v) is 10.7. The molecule has 3 rings (SSSR count). The first-order valence-electron chi connectivity index (χ1n) is 9.10. The molecule has 1 aromatic heterocycles. The van der Waals surface area contributed by atoms with E-state index in [9.17, 15) is 0 Å². The highest BCUT2D eigenvalue weighted by molar-refractivity contribution is 9.10. The van der Waals surface area contributed by atoms with E-state index in [0.29, 0.717) is 23.4 Å². The van der Waals surface area contributed by atoms with Crippen molar-refractivity contribution < 1.29 is 0 Å². The SMILES string of the molecule is CCC(C)c1ccc(NC(=S)Nc2nn(Cc3ccccc3Cl)cc2Br)cc1. The lowest BCUT2D eigenvalue weighted by Crippen LogP contribution is -2.19. The fourth-order valence-electron chi connectivity index (χ4n) is 2.76. The zero-order valence-corrected chi connectivity index (χ0v) is 18.9. The van der Waals surface area contributed by atoms with Gasteiger partial charge in [0.05, 0.1) is 11.0 Å². The van der Waals surface area contributed by atoms with E-state index in [2.05, 4.69) is 57.6 Å². The molecule has 28 heavy (non-hydrogen) atoms. The van der Waals surface area contributed by atoms with Crippen LogP contribution in [0.2, 0.25) is 5.02 Å². The van der Waals surface area contributed by atoms with Gasteiger partial charge in [0.15, 0.2) is 10.9 Å². The summed E-state index contributed by atoms with van der Waals surface area (Å²) in [4.78, 5) is 0. The zero-order valence-electron chi connectivity index (χ0n) is 15.7. The number of hydrogen-bond donors (Lipinski definition) is 2. The van der Waals surface area contributed by atoms with Gasteiger partial charge in [-0.25, -0.2) is 0 Å². The maximum Gasteiger partial charge on any atom is 0.176 e. The summed E-state index contributed by atoms with van der Waals surface area (Å²) in [6.07, 6.45) is 3.02. The van der Waals surface area contributed by atoms with Gasteiger partial charge in [0.25, 0.3) is 0 Å². The van der Waals surface area contributed by atoms with Crippen LogP contribution in [0.15, 0.2) is 59.2 Å². The van der Waals surface area contributed by atoms with E-state index in [4.69, 9.17) is 23.8 Å². The van der Waals surface area contributed by atoms with Crippen LogP contribution < -0.4 is 10.6 Å². The van der Waals surface area contributed by atoms with Gasteiger partial charge in [-0.3, -0.25) is 4.68 Å². The number of nitrogens with one attached hydrogen (secondary N) is 2. The number of thiocarbonyl (C=S) groups is 1. The molecule has 0 aliphatic carbocycles. The molecule has 1 unspecified atom stereocenters. The molecule has 0 saturated carbocycles. The lowest BCUT2D eigenvalue weighted by atomic mass is 9.99. The Balaban J connectivity index is 1.63. The molecule has 0 bridgehead atoms. The van der Waals surface area contributed by atoms with Crippen molar-refractivity contribution in [1.29, 1.82) is 0 Å². The Kier molecular flexibility index (Phi) is 7.10. The van der Waals surface area contributed by atoms with Gasteiger partial charge in [0.2, 0.25) is 0 Å². The standard InChI is InChI=1S/C21H22BrClN4S/c1-3-14(2)15-8-10-17(11-9-15)24-21(28)25-20-18(22)13-27(26-20)12-16-6-4-5-7-19(16)23/h4-11,13-14H,3,12H2,1-2H3,(H2,24,25,26,28). The zero-order chi connectivity index (χ0) is 20.1. The van der Waals surface area contributed by atoms with Crippen LogP contribution in [-0.2, 0) is 6.54 Å². The third kappa shape index (κ3) is 5.34. The second kappa shape index (κ2) is 9.54. The molecule has 1 heterocycles. The van der Waals surface area contributed by atoms with Crippen molar-refractivity contribution in [3.05, 3.63) is 75.4 Å². The minimum atomic E-state index is 0.486. The van der Waals surface area contributed by atoms with Crippen LogP contribution >= 0.6 is 39.7 Å². The monoisotopic (exact) mass is 476 g/mol. The molecule has 0 radical (unpaired) electrons. The molecule has 2 N–H and O–H groups in total. The maximum atomic E-state index is 6.24. The predicted octanol–water partition coefficient (Wildman–Crippen LogP) is 6.67. The molecule has 0 amide bonds. The number of benzene rings is 2. The minimum absolute atomic E-state index is 0.486. The minimum Gasteiger partial charge on any atom is -0.332 e. The highest BCUT2D eigenvalue weighted by Gasteiger charge is 2.10. The Morgan fingerprint density at radius 3 is 2.57 bits per heavy atom. The molecule has 3 aromatic rings. The van der Waals surface area contributed by atoms with E-state index < -0.39 is 0 Å². The predicted molar refractivity (Wildman–Crippen MR) is 125 cm³/mol. The van der Waals surface area contributed by atoms with E-state index in [0.717, 1.165) is 27.2 Å². The molecule has 0 saturated heterocycles. The third-order valence-electron chi connectivity index (χ3n) is 4.59. The van der Waals surface area contributed by atoms with Crippen molar-refractivity contribution in [1.82, 2.24) is 9.78 Å². The van der Waals surface area contributed by atoms with Crippen LogP contribution in [0.5, 0.6) is 0 Å². The number of hydrogen-bond acceptors (Lipinski definition) is 2. The molecule has 1 atom stereocenters. The fraction of sp³-hybridized carbons (Fsp3) is 0.238. The van der Waals surface area contributed by atoms with Crippen molar-refractivity contribution in [2.24, 2.45) is 0 Å². The van der Waals surface area contributed by atoms with Crippen LogP contribution in [0, 0.1) is 0 Å². The number of aromatic nitrogens is 2. The summed E-state index contributed by atoms with van der Waals surface area (Å²) in [6, 6.07) is 16.1. The van der Waals surface area contributed by atoms with Crippen molar-refractivity contribution in [3.8, 4) is 0 Å². The summed E-state index contributed by atoms with van der Waals surface area (Å²) in [5.41, 5.74) is 3.27. The fourth-order valence-corrected chi connectivity index (χ4v) is 3.59. The van der Waals surface area contributed by atoms with E-state index in [1.807, 2.05) is 47.3 Å². The van der Waals surface area contributed by atoms with Gasteiger partial charge < -0.3 is 10.6 Å². The Morgan fingerprint density at radius 2 is 1.89 bits per heavy atom. The smallest absolute Gasteiger partial charge is 0.176 e. The van der Waals surface area contributed by atoms with E-state index in [1.54, 1.807) is 0 Å². The summed E-state index contributed by atoms with van der Waals surface area (Å²) in [6.45, 7) is 5.00. The summed E-state index contributed by atoms with van der Waals surface area (Å²) in [5, 5.41) is 12.1. The Bertz CT molecular complexity index is 955. The van der Waals surface area contributed by atoms with E-state index in [1.165, 1.54) is 5.56 Å². The summed E-state index contributed by atoms with van der Waals surface area (Å²) >= 11 is 15.2. The highest BCUT2D eigenvalue weighted by Crippen LogP contribution is 2.24. The van der Waals surface area contributed by atoms with Crippen LogP contribution in [0.4, 0.5) is 11.5 Å². The quantitative estimate of drug-likeness (QED) is 0.389. The molecule has 0 aliphatic heterocycles. The maximum absolute atomic E-state index is 6.24. The average molecular weight is 478 g/mol. The normalized spacial score (nSPS) is 11.9. The molecule has 146 valence electrons. The van der Waals surface area contributed by atoms with Gasteiger partial charge in [-0.05, 0) is 69.8 Å². The molecule has 0 spiro atoms. The van der Waals surface area contributed by atoms with Gasteiger partial charge >= 0.3 is 0 Å². The highest BCUT2D eigenvalue weighted by atomic mass is 79.9. The Labute approximate surface area is 184 Å². The molecular weight excluding hydrogens is 456 g/mol. The molecule has 0 fully saturated rings. The first kappa shape index (κ1) is 20.8. The van der Waals surface area contributed by atoms with Gasteiger partial charge in [-0.15, -0.1) is 0 Å². The van der Waals surface area contributed by atoms with Crippen LogP contribution in [0.25, 0.3) is 0 Å². The second-order valence-corrected chi connectivity index (χ2v) is 8.29. The third-order valence-corrected chi connectivity index (χ3v) is 5.74. The first-order chi connectivity index (χ1) is 13.5. The molecule has 7 heteroatoms. The van der Waals surface area contributed by atoms with Gasteiger partial charge in [-0.1, -0.05) is 55.8 Å². The average Bonchev–Trinajstić information content (AvgIpc) is 3.02. The van der Waals surface area contributed by atoms with Gasteiger partial charge in [0.1, 0.15) is 0 Å². The van der Waals surface area contributed by atoms with Crippen LogP contribution in [0.3, 0.4) is 0 Å². The summed E-state index contributed by atoms with van der Waals surface area (Å²) < 4.78 is 2.65. The lowest BCUT2D eigenvalue weighted by molar-refractivity contribution is 0.690. The van der Waals surface area contributed by atoms with E-state index in [-0.39, 0.29) is 0 Å². The topological polar surface area (TPSA) is 41.9 Å². The Morgan fingerprint density at radius 1 is 1.18 bits per heavy atom. The summed E-state index contributed by atoms with van der Waals surface area (Å²) in [7, 11) is 0. The molecule has 4 nitrogen and oxygen atoms in total. The van der Waals surface area contributed by atoms with Crippen LogP contribution in [0.1, 0.15) is 37.3 Å². The van der Waals surface area contributed by atoms with Crippen molar-refractivity contribution in [2.75, 3.05) is 10.6 Å². The molecular formula is C21H22BrClN4S. The molecule has 0 aliphatic rings. The van der Waals surface area contributed by atoms with Gasteiger partial charge in [0, 0.05) is 16.9 Å². The van der Waals surface area contributed by atoms with Crippen molar-refractivity contribution in [3.63, 3.8) is 0 Å². The summed E-state index contributed by atoms with van der Waals surface area (Å²) in [5.74, 6) is 1.21. The Hall–Kier alpha value is -1.89. The lowest BCUT2D eigenvalue weighted by Gasteiger charge is -2.12. The number of nitrogens with zero attached hydrogens (tertiary/aromatic N) is 2.